The summed E-state index contributed by atoms with van der Waals surface area (Å²) in [4.78, 5) is 4.05. The molecule has 11 heavy (non-hydrogen) atoms. The van der Waals surface area contributed by atoms with Gasteiger partial charge in [-0.2, -0.15) is 5.26 Å². The molecule has 0 bridgehead atoms. The summed E-state index contributed by atoms with van der Waals surface area (Å²) < 4.78 is 0. The number of nitrogens with zero attached hydrogens (tertiary/aromatic N) is 2. The van der Waals surface area contributed by atoms with Gasteiger partial charge < -0.3 is 5.43 Å². The van der Waals surface area contributed by atoms with E-state index in [2.05, 4.69) is 21.9 Å². The van der Waals surface area contributed by atoms with Gasteiger partial charge in [-0.1, -0.05) is 0 Å². The molecule has 4 heteroatoms. The number of fused-ring (bicyclic) bond motifs is 1. The van der Waals surface area contributed by atoms with E-state index in [0.29, 0.717) is 5.57 Å². The van der Waals surface area contributed by atoms with Gasteiger partial charge in [0.05, 0.1) is 17.0 Å². The van der Waals surface area contributed by atoms with Crippen LogP contribution in [0.25, 0.3) is 0 Å². The van der Waals surface area contributed by atoms with Gasteiger partial charge in [-0.25, -0.2) is 5.43 Å². The SMILES string of the molecule is N#CC1=C2NNCC=C2N=C1. The first-order valence-corrected chi connectivity index (χ1v) is 3.29. The molecule has 0 aromatic rings. The Bertz CT molecular complexity index is 316. The third kappa shape index (κ3) is 0.827. The Kier molecular flexibility index (Phi) is 1.24. The highest BCUT2D eigenvalue weighted by molar-refractivity contribution is 5.90. The molecule has 2 rings (SSSR count). The molecule has 0 saturated heterocycles. The largest absolute Gasteiger partial charge is 0.318 e. The summed E-state index contributed by atoms with van der Waals surface area (Å²) in [6, 6.07) is 2.05. The first-order chi connectivity index (χ1) is 5.42. The third-order valence-electron chi connectivity index (χ3n) is 1.59. The van der Waals surface area contributed by atoms with E-state index in [9.17, 15) is 0 Å². The molecule has 0 spiro atoms. The van der Waals surface area contributed by atoms with Crippen LogP contribution >= 0.6 is 0 Å². The van der Waals surface area contributed by atoms with Gasteiger partial charge in [0.15, 0.2) is 0 Å². The van der Waals surface area contributed by atoms with Crippen LogP contribution in [-0.4, -0.2) is 12.8 Å². The van der Waals surface area contributed by atoms with Gasteiger partial charge in [-0.15, -0.1) is 0 Å². The molecule has 0 fully saturated rings. The monoisotopic (exact) mass is 146 g/mol. The lowest BCUT2D eigenvalue weighted by molar-refractivity contribution is 0.630. The van der Waals surface area contributed by atoms with E-state index in [1.807, 2.05) is 6.08 Å². The smallest absolute Gasteiger partial charge is 0.103 e. The highest BCUT2D eigenvalue weighted by atomic mass is 15.4. The minimum absolute atomic E-state index is 0.587. The van der Waals surface area contributed by atoms with E-state index in [1.165, 1.54) is 0 Å². The van der Waals surface area contributed by atoms with Crippen LogP contribution in [0.1, 0.15) is 0 Å². The Balaban J connectivity index is 2.48. The number of hydrogen-bond acceptors (Lipinski definition) is 4. The molecule has 2 N–H and O–H groups in total. The highest BCUT2D eigenvalue weighted by Crippen LogP contribution is 2.19. The van der Waals surface area contributed by atoms with E-state index in [1.54, 1.807) is 6.21 Å². The molecule has 0 saturated carbocycles. The Morgan fingerprint density at radius 2 is 2.55 bits per heavy atom. The van der Waals surface area contributed by atoms with Crippen LogP contribution in [0.3, 0.4) is 0 Å². The first-order valence-electron chi connectivity index (χ1n) is 3.29. The van der Waals surface area contributed by atoms with Gasteiger partial charge in [-0.3, -0.25) is 4.99 Å². The Hall–Kier alpha value is -1.60. The molecule has 54 valence electrons. The molecule has 2 aliphatic heterocycles. The number of aliphatic imine (C=N–C) groups is 1. The van der Waals surface area contributed by atoms with Crippen molar-refractivity contribution in [1.82, 2.24) is 10.9 Å². The number of nitriles is 1. The lowest BCUT2D eigenvalue weighted by Crippen LogP contribution is -2.35. The molecule has 0 radical (unpaired) electrons. The molecule has 2 heterocycles. The van der Waals surface area contributed by atoms with Gasteiger partial charge in [0.25, 0.3) is 0 Å². The molecule has 0 amide bonds. The van der Waals surface area contributed by atoms with Crippen LogP contribution in [0.5, 0.6) is 0 Å². The van der Waals surface area contributed by atoms with E-state index in [4.69, 9.17) is 5.26 Å². The highest BCUT2D eigenvalue weighted by Gasteiger charge is 2.17. The fourth-order valence-corrected chi connectivity index (χ4v) is 1.06. The van der Waals surface area contributed by atoms with E-state index < -0.39 is 0 Å². The van der Waals surface area contributed by atoms with Crippen molar-refractivity contribution in [2.45, 2.75) is 0 Å². The normalized spacial score (nSPS) is 20.5. The zero-order valence-corrected chi connectivity index (χ0v) is 5.76. The standard InChI is InChI=1S/C7H6N4/c8-3-5-4-9-6-1-2-10-11-7(5)6/h1,4,10-11H,2H2. The maximum absolute atomic E-state index is 8.61. The zero-order valence-electron chi connectivity index (χ0n) is 5.76. The predicted molar refractivity (Wildman–Crippen MR) is 40.4 cm³/mol. The van der Waals surface area contributed by atoms with Crippen LogP contribution in [0, 0.1) is 11.3 Å². The fourth-order valence-electron chi connectivity index (χ4n) is 1.06. The van der Waals surface area contributed by atoms with Crippen molar-refractivity contribution in [2.24, 2.45) is 4.99 Å². The van der Waals surface area contributed by atoms with Gasteiger partial charge in [0, 0.05) is 12.8 Å². The summed E-state index contributed by atoms with van der Waals surface area (Å²) >= 11 is 0. The minimum Gasteiger partial charge on any atom is -0.318 e. The quantitative estimate of drug-likeness (QED) is 0.499. The number of nitrogens with one attached hydrogen (secondary N) is 2. The third-order valence-corrected chi connectivity index (χ3v) is 1.59. The average Bonchev–Trinajstić information content (AvgIpc) is 2.47. The van der Waals surface area contributed by atoms with Crippen LogP contribution < -0.4 is 10.9 Å². The van der Waals surface area contributed by atoms with Crippen LogP contribution in [0.4, 0.5) is 0 Å². The maximum Gasteiger partial charge on any atom is 0.103 e. The summed E-state index contributed by atoms with van der Waals surface area (Å²) in [7, 11) is 0. The first kappa shape index (κ1) is 6.13. The predicted octanol–water partition coefficient (Wildman–Crippen LogP) is -0.160. The van der Waals surface area contributed by atoms with Crippen molar-refractivity contribution >= 4 is 6.21 Å². The van der Waals surface area contributed by atoms with Crippen molar-refractivity contribution in [2.75, 3.05) is 6.54 Å². The molecule has 4 nitrogen and oxygen atoms in total. The summed E-state index contributed by atoms with van der Waals surface area (Å²) in [5.41, 5.74) is 8.04. The van der Waals surface area contributed by atoms with E-state index in [-0.39, 0.29) is 0 Å². The second-order valence-corrected chi connectivity index (χ2v) is 2.25. The molecule has 2 aliphatic rings. The average molecular weight is 146 g/mol. The maximum atomic E-state index is 8.61. The number of rotatable bonds is 0. The zero-order chi connectivity index (χ0) is 7.68. The van der Waals surface area contributed by atoms with Gasteiger partial charge >= 0.3 is 0 Å². The second kappa shape index (κ2) is 2.22. The topological polar surface area (TPSA) is 60.2 Å². The number of allylic oxidation sites excluding steroid dienone is 1. The van der Waals surface area contributed by atoms with Crippen molar-refractivity contribution in [3.63, 3.8) is 0 Å². The van der Waals surface area contributed by atoms with E-state index in [0.717, 1.165) is 17.9 Å². The summed E-state index contributed by atoms with van der Waals surface area (Å²) in [6.07, 6.45) is 3.51. The Morgan fingerprint density at radius 1 is 1.64 bits per heavy atom. The molecular formula is C7H6N4. The Morgan fingerprint density at radius 3 is 3.36 bits per heavy atom. The van der Waals surface area contributed by atoms with Gasteiger partial charge in [-0.05, 0) is 6.08 Å². The van der Waals surface area contributed by atoms with Crippen LogP contribution in [-0.2, 0) is 0 Å². The van der Waals surface area contributed by atoms with Gasteiger partial charge in [0.1, 0.15) is 6.07 Å². The molecular weight excluding hydrogens is 140 g/mol. The van der Waals surface area contributed by atoms with E-state index >= 15 is 0 Å². The summed E-state index contributed by atoms with van der Waals surface area (Å²) in [5, 5.41) is 8.61. The van der Waals surface area contributed by atoms with Crippen molar-refractivity contribution in [3.8, 4) is 6.07 Å². The number of hydrogen-bond donors (Lipinski definition) is 2. The number of hydrazine groups is 1. The second-order valence-electron chi connectivity index (χ2n) is 2.25. The lowest BCUT2D eigenvalue weighted by Gasteiger charge is -2.13. The van der Waals surface area contributed by atoms with Crippen LogP contribution in [0.15, 0.2) is 28.0 Å². The van der Waals surface area contributed by atoms with Crippen LogP contribution in [0.2, 0.25) is 0 Å². The summed E-state index contributed by atoms with van der Waals surface area (Å²) in [6.45, 7) is 0.745. The molecule has 0 aliphatic carbocycles. The molecule has 0 aromatic heterocycles. The lowest BCUT2D eigenvalue weighted by atomic mass is 10.2. The molecule has 0 aromatic carbocycles. The summed E-state index contributed by atoms with van der Waals surface area (Å²) in [5.74, 6) is 0. The fraction of sp³-hybridized carbons (Fsp3) is 0.143. The van der Waals surface area contributed by atoms with Crippen molar-refractivity contribution < 1.29 is 0 Å². The molecule has 0 atom stereocenters. The Labute approximate surface area is 63.9 Å². The van der Waals surface area contributed by atoms with Crippen molar-refractivity contribution in [1.29, 1.82) is 5.26 Å². The van der Waals surface area contributed by atoms with Crippen molar-refractivity contribution in [3.05, 3.63) is 23.0 Å². The van der Waals surface area contributed by atoms with Gasteiger partial charge in [0.2, 0.25) is 0 Å². The molecule has 0 unspecified atom stereocenters. The minimum atomic E-state index is 0.587.